The van der Waals surface area contributed by atoms with Crippen LogP contribution >= 0.6 is 0 Å². The molecule has 2 amide bonds. The lowest BCUT2D eigenvalue weighted by Gasteiger charge is -2.36. The molecule has 0 aliphatic carbocycles. The van der Waals surface area contributed by atoms with E-state index in [0.29, 0.717) is 48.8 Å². The molecule has 3 N–H and O–H groups in total. The molecule has 0 spiro atoms. The van der Waals surface area contributed by atoms with Gasteiger partial charge >= 0.3 is 5.97 Å². The highest BCUT2D eigenvalue weighted by Crippen LogP contribution is 2.29. The fourth-order valence-corrected chi connectivity index (χ4v) is 5.69. The number of carboxylic acid groups (broad SMARTS) is 1. The topological polar surface area (TPSA) is 129 Å². The number of anilines is 1. The maximum atomic E-state index is 14.3. The SMILES string of the molecule is C[C@@H]1CN([C@@H](C)CO)C(=O)c2cc(NC(=O)c3ccccc3)ccc2O[C@@H](C)CCCCO[C@@H]1CN(C)Cc1ccc(C(=O)O)cc1. The van der Waals surface area contributed by atoms with Gasteiger partial charge in [-0.15, -0.1) is 0 Å². The highest BCUT2D eigenvalue weighted by Gasteiger charge is 2.30. The minimum atomic E-state index is -0.959. The van der Waals surface area contributed by atoms with Gasteiger partial charge in [0.1, 0.15) is 5.75 Å². The van der Waals surface area contributed by atoms with Crippen LogP contribution in [0.1, 0.15) is 76.7 Å². The van der Waals surface area contributed by atoms with Crippen molar-refractivity contribution in [2.45, 2.75) is 64.8 Å². The van der Waals surface area contributed by atoms with E-state index >= 15 is 0 Å². The van der Waals surface area contributed by atoms with Crippen molar-refractivity contribution >= 4 is 23.5 Å². The van der Waals surface area contributed by atoms with Gasteiger partial charge in [0.25, 0.3) is 11.8 Å². The maximum absolute atomic E-state index is 14.3. The Bertz CT molecular complexity index is 1480. The van der Waals surface area contributed by atoms with Crippen molar-refractivity contribution in [1.82, 2.24) is 9.80 Å². The first kappa shape index (κ1) is 35.6. The van der Waals surface area contributed by atoms with Crippen molar-refractivity contribution in [3.8, 4) is 5.75 Å². The highest BCUT2D eigenvalue weighted by molar-refractivity contribution is 6.05. The van der Waals surface area contributed by atoms with Gasteiger partial charge in [0, 0.05) is 43.4 Å². The third-order valence-electron chi connectivity index (χ3n) is 8.49. The number of carboxylic acids is 1. The van der Waals surface area contributed by atoms with E-state index < -0.39 is 12.0 Å². The summed E-state index contributed by atoms with van der Waals surface area (Å²) in [7, 11) is 1.99. The molecule has 3 aromatic carbocycles. The van der Waals surface area contributed by atoms with Crippen LogP contribution in [0.2, 0.25) is 0 Å². The Labute approximate surface area is 277 Å². The largest absolute Gasteiger partial charge is 0.490 e. The number of aliphatic hydroxyl groups excluding tert-OH is 1. The van der Waals surface area contributed by atoms with Gasteiger partial charge in [-0.2, -0.15) is 0 Å². The number of likely N-dealkylation sites (N-methyl/N-ethyl adjacent to an activating group) is 1. The van der Waals surface area contributed by atoms with Gasteiger partial charge in [-0.05, 0) is 88.2 Å². The molecule has 10 nitrogen and oxygen atoms in total. The summed E-state index contributed by atoms with van der Waals surface area (Å²) in [5.74, 6) is -1.22. The molecule has 0 radical (unpaired) electrons. The highest BCUT2D eigenvalue weighted by atomic mass is 16.5. The van der Waals surface area contributed by atoms with Gasteiger partial charge in [0.2, 0.25) is 0 Å². The van der Waals surface area contributed by atoms with Gasteiger partial charge in [-0.1, -0.05) is 37.3 Å². The molecule has 0 aromatic heterocycles. The van der Waals surface area contributed by atoms with Crippen molar-refractivity contribution in [3.05, 3.63) is 95.1 Å². The number of amides is 2. The summed E-state index contributed by atoms with van der Waals surface area (Å²) >= 11 is 0. The minimum absolute atomic E-state index is 0.100. The second-order valence-corrected chi connectivity index (χ2v) is 12.5. The molecule has 10 heteroatoms. The van der Waals surface area contributed by atoms with E-state index in [9.17, 15) is 24.6 Å². The molecule has 47 heavy (non-hydrogen) atoms. The third-order valence-corrected chi connectivity index (χ3v) is 8.49. The second kappa shape index (κ2) is 17.1. The number of ether oxygens (including phenoxy) is 2. The first-order chi connectivity index (χ1) is 22.5. The maximum Gasteiger partial charge on any atom is 0.335 e. The van der Waals surface area contributed by atoms with Crippen molar-refractivity contribution in [1.29, 1.82) is 0 Å². The Morgan fingerprint density at radius 2 is 1.74 bits per heavy atom. The van der Waals surface area contributed by atoms with Crippen LogP contribution in [0.15, 0.2) is 72.8 Å². The number of carbonyl (C=O) groups excluding carboxylic acids is 2. The molecular formula is C37H47N3O7. The van der Waals surface area contributed by atoms with Gasteiger partial charge < -0.3 is 29.9 Å². The average Bonchev–Trinajstić information content (AvgIpc) is 3.06. The first-order valence-corrected chi connectivity index (χ1v) is 16.3. The Morgan fingerprint density at radius 3 is 2.43 bits per heavy atom. The minimum Gasteiger partial charge on any atom is -0.490 e. The average molecular weight is 646 g/mol. The van der Waals surface area contributed by atoms with Gasteiger partial charge in [-0.3, -0.25) is 14.5 Å². The fourth-order valence-electron chi connectivity index (χ4n) is 5.69. The lowest BCUT2D eigenvalue weighted by Crippen LogP contribution is -2.47. The number of hydrogen-bond donors (Lipinski definition) is 3. The van der Waals surface area contributed by atoms with Crippen molar-refractivity contribution < 1.29 is 34.1 Å². The van der Waals surface area contributed by atoms with E-state index in [1.807, 2.05) is 39.1 Å². The van der Waals surface area contributed by atoms with Crippen LogP contribution in [0.3, 0.4) is 0 Å². The number of rotatable bonds is 9. The van der Waals surface area contributed by atoms with Crippen molar-refractivity contribution in [2.75, 3.05) is 38.7 Å². The van der Waals surface area contributed by atoms with Crippen LogP contribution in [-0.4, -0.2) is 89.4 Å². The zero-order chi connectivity index (χ0) is 33.9. The third kappa shape index (κ3) is 10.1. The summed E-state index contributed by atoms with van der Waals surface area (Å²) in [6, 6.07) is 20.3. The molecule has 4 rings (SSSR count). The van der Waals surface area contributed by atoms with Crippen LogP contribution in [0.4, 0.5) is 5.69 Å². The van der Waals surface area contributed by atoms with E-state index in [0.717, 1.165) is 24.8 Å². The molecular weight excluding hydrogens is 598 g/mol. The number of carbonyl (C=O) groups is 3. The number of nitrogens with zero attached hydrogens (tertiary/aromatic N) is 2. The van der Waals surface area contributed by atoms with E-state index in [1.54, 1.807) is 66.4 Å². The summed E-state index contributed by atoms with van der Waals surface area (Å²) in [5, 5.41) is 22.4. The predicted octanol–water partition coefficient (Wildman–Crippen LogP) is 5.56. The van der Waals surface area contributed by atoms with E-state index in [-0.39, 0.29) is 42.1 Å². The van der Waals surface area contributed by atoms with Crippen LogP contribution < -0.4 is 10.1 Å². The standard InChI is InChI=1S/C37H47N3O7/c1-25-21-40(26(2)24-41)36(43)32-20-31(38-35(42)29-11-6-5-7-12-29)17-18-33(32)47-27(3)10-8-9-19-46-34(25)23-39(4)22-28-13-15-30(16-14-28)37(44)45/h5-7,11-18,20,25-27,34,41H,8-10,19,21-24H2,1-4H3,(H,38,42)(H,44,45)/t25-,26+,27+,34-/m1/s1. The normalized spacial score (nSPS) is 20.1. The van der Waals surface area contributed by atoms with E-state index in [2.05, 4.69) is 10.2 Å². The van der Waals surface area contributed by atoms with Crippen molar-refractivity contribution in [2.24, 2.45) is 5.92 Å². The summed E-state index contributed by atoms with van der Waals surface area (Å²) in [6.07, 6.45) is 2.13. The number of aliphatic hydroxyl groups is 1. The molecule has 1 aliphatic rings. The zero-order valence-corrected chi connectivity index (χ0v) is 27.7. The Balaban J connectivity index is 1.59. The second-order valence-electron chi connectivity index (χ2n) is 12.5. The molecule has 0 saturated carbocycles. The summed E-state index contributed by atoms with van der Waals surface area (Å²) in [6.45, 7) is 7.67. The number of benzene rings is 3. The lowest BCUT2D eigenvalue weighted by atomic mass is 10.0. The summed E-state index contributed by atoms with van der Waals surface area (Å²) in [5.41, 5.74) is 2.51. The Hall–Kier alpha value is -4.25. The molecule has 4 atom stereocenters. The van der Waals surface area contributed by atoms with Gasteiger partial charge in [0.15, 0.2) is 0 Å². The number of nitrogens with one attached hydrogen (secondary N) is 1. The van der Waals surface area contributed by atoms with Crippen molar-refractivity contribution in [3.63, 3.8) is 0 Å². The first-order valence-electron chi connectivity index (χ1n) is 16.3. The Morgan fingerprint density at radius 1 is 1.02 bits per heavy atom. The molecule has 1 heterocycles. The van der Waals surface area contributed by atoms with E-state index in [1.165, 1.54) is 0 Å². The fraction of sp³-hybridized carbons (Fsp3) is 0.432. The van der Waals surface area contributed by atoms with Gasteiger partial charge in [0.05, 0.1) is 36.0 Å². The molecule has 0 unspecified atom stereocenters. The number of hydrogen-bond acceptors (Lipinski definition) is 7. The van der Waals surface area contributed by atoms with Crippen LogP contribution in [0.5, 0.6) is 5.75 Å². The van der Waals surface area contributed by atoms with Crippen LogP contribution in [0, 0.1) is 5.92 Å². The summed E-state index contributed by atoms with van der Waals surface area (Å²) < 4.78 is 12.7. The smallest absolute Gasteiger partial charge is 0.335 e. The number of fused-ring (bicyclic) bond motifs is 1. The molecule has 0 bridgehead atoms. The van der Waals surface area contributed by atoms with Crippen LogP contribution in [0.25, 0.3) is 0 Å². The molecule has 0 saturated heterocycles. The van der Waals surface area contributed by atoms with Gasteiger partial charge in [-0.25, -0.2) is 4.79 Å². The summed E-state index contributed by atoms with van der Waals surface area (Å²) in [4.78, 5) is 42.3. The molecule has 3 aromatic rings. The number of aromatic carboxylic acids is 1. The molecule has 252 valence electrons. The predicted molar refractivity (Wildman–Crippen MR) is 181 cm³/mol. The lowest BCUT2D eigenvalue weighted by molar-refractivity contribution is -0.0177. The molecule has 0 fully saturated rings. The molecule has 1 aliphatic heterocycles. The van der Waals surface area contributed by atoms with Crippen LogP contribution in [-0.2, 0) is 11.3 Å². The monoisotopic (exact) mass is 645 g/mol. The Kier molecular flexibility index (Phi) is 12.9. The van der Waals surface area contributed by atoms with E-state index in [4.69, 9.17) is 9.47 Å². The zero-order valence-electron chi connectivity index (χ0n) is 27.7. The quantitative estimate of drug-likeness (QED) is 0.276.